The van der Waals surface area contributed by atoms with Crippen LogP contribution in [-0.2, 0) is 29.8 Å². The Labute approximate surface area is 347 Å². The van der Waals surface area contributed by atoms with Gasteiger partial charge in [-0.15, -0.1) is 11.8 Å². The van der Waals surface area contributed by atoms with Crippen molar-refractivity contribution in [3.8, 4) is 11.8 Å². The number of anilines is 1. The Bertz CT molecular complexity index is 1910. The molecule has 0 radical (unpaired) electrons. The summed E-state index contributed by atoms with van der Waals surface area (Å²) < 4.78 is 18.9. The van der Waals surface area contributed by atoms with Crippen molar-refractivity contribution in [2.24, 2.45) is 17.8 Å². The number of benzene rings is 2. The standard InChI is InChI=1S/C49H64N4O5/c1-48(2)40-22-15-17-24-42(40)52(5)44(48)26-12-8-13-27-45-49(3,4)41-23-16-18-25-43(41)53(45)31-19-9-14-28-46(54)50-29-32-56-34-35-57-33-30-51-47(55)58-36-39-37-20-10-6-7-11-21-38(37)39/h8,12-13,15-18,22-27,37-39H,9-11,14,19-21,28-36H2,1-5H3,(H-,50,51,54,55)/p+1/t37-,38+,39?. The van der Waals surface area contributed by atoms with Crippen LogP contribution in [0.2, 0.25) is 0 Å². The van der Waals surface area contributed by atoms with Crippen molar-refractivity contribution < 1.29 is 28.4 Å². The van der Waals surface area contributed by atoms with Crippen LogP contribution >= 0.6 is 0 Å². The minimum absolute atomic E-state index is 0.0456. The summed E-state index contributed by atoms with van der Waals surface area (Å²) in [6.07, 6.45) is 18.1. The molecule has 2 heterocycles. The van der Waals surface area contributed by atoms with Crippen LogP contribution in [0.3, 0.4) is 0 Å². The third-order valence-electron chi connectivity index (χ3n) is 12.5. The van der Waals surface area contributed by atoms with Crippen LogP contribution in [0.5, 0.6) is 0 Å². The molecule has 3 atom stereocenters. The molecule has 2 aliphatic heterocycles. The molecule has 0 saturated heterocycles. The molecule has 0 spiro atoms. The molecule has 6 rings (SSSR count). The average Bonchev–Trinajstić information content (AvgIpc) is 3.74. The summed E-state index contributed by atoms with van der Waals surface area (Å²) in [5, 5.41) is 5.73. The van der Waals surface area contributed by atoms with Crippen molar-refractivity contribution in [1.82, 2.24) is 10.6 Å². The van der Waals surface area contributed by atoms with Gasteiger partial charge in [0.05, 0.1) is 38.4 Å². The highest BCUT2D eigenvalue weighted by molar-refractivity contribution is 6.03. The fourth-order valence-corrected chi connectivity index (χ4v) is 9.18. The van der Waals surface area contributed by atoms with E-state index in [9.17, 15) is 9.59 Å². The quantitative estimate of drug-likeness (QED) is 0.0607. The number of alkyl carbamates (subject to hydrolysis) is 1. The first-order valence-corrected chi connectivity index (χ1v) is 21.5. The lowest BCUT2D eigenvalue weighted by molar-refractivity contribution is -0.401. The Hall–Kier alpha value is -4.65. The molecular formula is C49H65N4O5+. The smallest absolute Gasteiger partial charge is 0.407 e. The second kappa shape index (κ2) is 20.4. The summed E-state index contributed by atoms with van der Waals surface area (Å²) in [6, 6.07) is 17.4. The molecule has 0 bridgehead atoms. The number of nitrogens with zero attached hydrogens (tertiary/aromatic N) is 2. The van der Waals surface area contributed by atoms with E-state index in [0.29, 0.717) is 70.3 Å². The van der Waals surface area contributed by atoms with Gasteiger partial charge in [-0.2, -0.15) is 4.58 Å². The van der Waals surface area contributed by atoms with Crippen LogP contribution in [0, 0.1) is 29.6 Å². The zero-order valence-corrected chi connectivity index (χ0v) is 35.5. The van der Waals surface area contributed by atoms with E-state index in [0.717, 1.165) is 51.5 Å². The van der Waals surface area contributed by atoms with E-state index in [-0.39, 0.29) is 22.8 Å². The number of unbranched alkanes of at least 4 members (excludes halogenated alkanes) is 2. The van der Waals surface area contributed by atoms with E-state index in [1.54, 1.807) is 0 Å². The third kappa shape index (κ3) is 10.7. The van der Waals surface area contributed by atoms with Crippen molar-refractivity contribution in [1.29, 1.82) is 0 Å². The first-order valence-electron chi connectivity index (χ1n) is 21.5. The van der Waals surface area contributed by atoms with Crippen molar-refractivity contribution in [2.45, 2.75) is 89.9 Å². The Morgan fingerprint density at radius 2 is 1.48 bits per heavy atom. The number of amides is 2. The first kappa shape index (κ1) is 42.9. The Morgan fingerprint density at radius 1 is 0.810 bits per heavy atom. The number of hydrogen-bond acceptors (Lipinski definition) is 6. The summed E-state index contributed by atoms with van der Waals surface area (Å²) in [5.41, 5.74) is 7.67. The molecule has 9 nitrogen and oxygen atoms in total. The topological polar surface area (TPSA) is 92.1 Å². The lowest BCUT2D eigenvalue weighted by Crippen LogP contribution is -2.29. The maximum absolute atomic E-state index is 12.5. The summed E-state index contributed by atoms with van der Waals surface area (Å²) in [7, 11) is 2.15. The summed E-state index contributed by atoms with van der Waals surface area (Å²) in [4.78, 5) is 27.0. The van der Waals surface area contributed by atoms with Gasteiger partial charge in [0, 0.05) is 73.4 Å². The van der Waals surface area contributed by atoms with Gasteiger partial charge < -0.3 is 29.7 Å². The minimum Gasteiger partial charge on any atom is -0.449 e. The summed E-state index contributed by atoms with van der Waals surface area (Å²) >= 11 is 0. The molecule has 1 unspecified atom stereocenters. The highest BCUT2D eigenvalue weighted by Crippen LogP contribution is 2.52. The molecule has 2 amide bonds. The van der Waals surface area contributed by atoms with Gasteiger partial charge in [0.1, 0.15) is 7.05 Å². The highest BCUT2D eigenvalue weighted by Gasteiger charge is 2.49. The van der Waals surface area contributed by atoms with Gasteiger partial charge in [-0.05, 0) is 75.0 Å². The van der Waals surface area contributed by atoms with E-state index in [1.165, 1.54) is 33.9 Å². The fraction of sp³-hybridized carbons (Fsp3) is 0.531. The number of ether oxygens (including phenoxy) is 3. The van der Waals surface area contributed by atoms with E-state index in [2.05, 4.69) is 146 Å². The molecule has 2 aromatic rings. The number of hydrogen-bond donors (Lipinski definition) is 2. The highest BCUT2D eigenvalue weighted by atomic mass is 16.6. The fourth-order valence-electron chi connectivity index (χ4n) is 9.18. The first-order chi connectivity index (χ1) is 28.1. The van der Waals surface area contributed by atoms with E-state index in [1.807, 2.05) is 0 Å². The second-order valence-corrected chi connectivity index (χ2v) is 17.0. The predicted octanol–water partition coefficient (Wildman–Crippen LogP) is 8.36. The molecule has 1 saturated carbocycles. The SMILES string of the molecule is C[N+]1=C(/C=C/C=C/C=C2/N(CCCCCC(=O)NCCOCCOCCNC(=O)OCC3[C@H]4CCC#CCC[C@@H]34)c3ccccc3C2(C)C)C(C)(C)c2ccccc21. The van der Waals surface area contributed by atoms with Gasteiger partial charge in [0.2, 0.25) is 11.6 Å². The van der Waals surface area contributed by atoms with Crippen LogP contribution in [0.25, 0.3) is 0 Å². The van der Waals surface area contributed by atoms with Gasteiger partial charge in [-0.25, -0.2) is 4.79 Å². The van der Waals surface area contributed by atoms with Crippen LogP contribution in [0.15, 0.2) is 84.6 Å². The molecule has 9 heteroatoms. The van der Waals surface area contributed by atoms with E-state index >= 15 is 0 Å². The molecule has 1 fully saturated rings. The predicted molar refractivity (Wildman–Crippen MR) is 233 cm³/mol. The minimum atomic E-state index is -0.384. The van der Waals surface area contributed by atoms with Crippen LogP contribution in [0.1, 0.15) is 90.2 Å². The van der Waals surface area contributed by atoms with Gasteiger partial charge in [-0.3, -0.25) is 4.79 Å². The Morgan fingerprint density at radius 3 is 2.21 bits per heavy atom. The number of rotatable bonds is 20. The van der Waals surface area contributed by atoms with Crippen molar-refractivity contribution in [3.05, 3.63) is 95.7 Å². The lowest BCUT2D eigenvalue weighted by Gasteiger charge is -2.27. The van der Waals surface area contributed by atoms with E-state index in [4.69, 9.17) is 14.2 Å². The number of fused-ring (bicyclic) bond motifs is 3. The zero-order valence-electron chi connectivity index (χ0n) is 35.5. The van der Waals surface area contributed by atoms with Crippen LogP contribution < -0.4 is 15.5 Å². The number of para-hydroxylation sites is 2. The Kier molecular flexibility index (Phi) is 15.1. The van der Waals surface area contributed by atoms with Gasteiger partial charge >= 0.3 is 6.09 Å². The Balaban J connectivity index is 0.822. The average molecular weight is 790 g/mol. The van der Waals surface area contributed by atoms with Crippen LogP contribution in [0.4, 0.5) is 16.2 Å². The molecule has 2 aliphatic carbocycles. The second-order valence-electron chi connectivity index (χ2n) is 17.0. The van der Waals surface area contributed by atoms with Crippen molar-refractivity contribution in [2.75, 3.05) is 64.6 Å². The maximum atomic E-state index is 12.5. The number of nitrogens with one attached hydrogen (secondary N) is 2. The van der Waals surface area contributed by atoms with Crippen molar-refractivity contribution >= 4 is 29.1 Å². The molecule has 2 aromatic carbocycles. The molecule has 2 N–H and O–H groups in total. The lowest BCUT2D eigenvalue weighted by atomic mass is 9.81. The third-order valence-corrected chi connectivity index (χ3v) is 12.5. The zero-order chi connectivity index (χ0) is 41.0. The molecule has 310 valence electrons. The number of allylic oxidation sites excluding steroid dienone is 6. The van der Waals surface area contributed by atoms with Crippen LogP contribution in [-0.4, -0.2) is 82.0 Å². The normalized spacial score (nSPS) is 21.9. The van der Waals surface area contributed by atoms with Gasteiger partial charge in [0.15, 0.2) is 5.71 Å². The van der Waals surface area contributed by atoms with E-state index < -0.39 is 0 Å². The monoisotopic (exact) mass is 789 g/mol. The summed E-state index contributed by atoms with van der Waals surface area (Å²) in [6.45, 7) is 13.1. The number of carbonyl (C=O) groups is 2. The molecule has 4 aliphatic rings. The number of carbonyl (C=O) groups excluding carboxylic acids is 2. The molecule has 58 heavy (non-hydrogen) atoms. The van der Waals surface area contributed by atoms with Gasteiger partial charge in [-0.1, -0.05) is 74.9 Å². The van der Waals surface area contributed by atoms with Gasteiger partial charge in [0.25, 0.3) is 0 Å². The van der Waals surface area contributed by atoms with Crippen molar-refractivity contribution in [3.63, 3.8) is 0 Å². The maximum Gasteiger partial charge on any atom is 0.407 e. The largest absolute Gasteiger partial charge is 0.449 e. The molecule has 0 aromatic heterocycles. The molecular weight excluding hydrogens is 725 g/mol. The summed E-state index contributed by atoms with van der Waals surface area (Å²) in [5.74, 6) is 8.30.